The number of hydrogen-bond acceptors (Lipinski definition) is 11. The highest BCUT2D eigenvalue weighted by Gasteiger charge is 2.40. The number of aliphatic hydroxyl groups is 1. The number of nitrogens with one attached hydrogen (secondary N) is 1. The van der Waals surface area contributed by atoms with Crippen molar-refractivity contribution in [3.8, 4) is 5.75 Å². The number of fused-ring (bicyclic) bond motifs is 2. The Morgan fingerprint density at radius 3 is 2.76 bits per heavy atom. The standard InChI is InChI=1S/C32H43N6O7P/c1-5-6-9-15-42-32(40)25(16-20(2)3)37-46(41,45-27-14-10-12-22-11-7-8-13-24(22)27)43-18-23-17-26(39)31(44-23)38-19-34-28-29(33)35-21(4)36-30(28)38/h7-8,10-14,19-20,23,25-26,31,39H,5-6,9,15-18H2,1-4H3,(H,37,41)(H2,33,35,36)/t23-,25-,26-,31+,46?/m0/s1. The molecule has 1 fully saturated rings. The number of aromatic nitrogens is 4. The molecule has 2 aromatic heterocycles. The Kier molecular flexibility index (Phi) is 10.9. The number of nitrogens with zero attached hydrogens (tertiary/aromatic N) is 4. The van der Waals surface area contributed by atoms with Crippen LogP contribution in [0.1, 0.15) is 64.9 Å². The number of rotatable bonds is 15. The van der Waals surface area contributed by atoms with Gasteiger partial charge >= 0.3 is 13.7 Å². The maximum atomic E-state index is 14.6. The van der Waals surface area contributed by atoms with Gasteiger partial charge in [0.15, 0.2) is 17.7 Å². The molecule has 1 saturated heterocycles. The maximum absolute atomic E-state index is 14.6. The largest absolute Gasteiger partial charge is 0.465 e. The second kappa shape index (κ2) is 14.9. The van der Waals surface area contributed by atoms with Gasteiger partial charge in [0, 0.05) is 11.8 Å². The highest BCUT2D eigenvalue weighted by atomic mass is 31.2. The van der Waals surface area contributed by atoms with E-state index in [0.29, 0.717) is 29.2 Å². The first kappa shape index (κ1) is 33.7. The summed E-state index contributed by atoms with van der Waals surface area (Å²) < 4.78 is 40.0. The van der Waals surface area contributed by atoms with Gasteiger partial charge in [0.25, 0.3) is 0 Å². The highest BCUT2D eigenvalue weighted by Crippen LogP contribution is 2.48. The fourth-order valence-electron chi connectivity index (χ4n) is 5.49. The monoisotopic (exact) mass is 654 g/mol. The molecule has 0 amide bonds. The lowest BCUT2D eigenvalue weighted by Gasteiger charge is -2.27. The number of aliphatic hydroxyl groups excluding tert-OH is 1. The van der Waals surface area contributed by atoms with Crippen molar-refractivity contribution in [3.63, 3.8) is 0 Å². The number of hydrogen-bond donors (Lipinski definition) is 3. The third kappa shape index (κ3) is 8.02. The normalized spacial score (nSPS) is 20.3. The average molecular weight is 655 g/mol. The van der Waals surface area contributed by atoms with Crippen LogP contribution in [0.4, 0.5) is 5.82 Å². The average Bonchev–Trinajstić information content (AvgIpc) is 3.60. The Bertz CT molecular complexity index is 1690. The fraction of sp³-hybridized carbons (Fsp3) is 0.500. The van der Waals surface area contributed by atoms with E-state index in [1.54, 1.807) is 23.6 Å². The molecule has 5 rings (SSSR count). The Balaban J connectivity index is 1.37. The molecule has 2 aromatic carbocycles. The number of esters is 1. The van der Waals surface area contributed by atoms with Crippen molar-refractivity contribution in [2.75, 3.05) is 18.9 Å². The zero-order chi connectivity index (χ0) is 32.8. The van der Waals surface area contributed by atoms with Crippen LogP contribution in [0.25, 0.3) is 21.9 Å². The third-order valence-electron chi connectivity index (χ3n) is 7.70. The summed E-state index contributed by atoms with van der Waals surface area (Å²) in [4.78, 5) is 26.1. The minimum absolute atomic E-state index is 0.0762. The lowest BCUT2D eigenvalue weighted by Crippen LogP contribution is -2.39. The van der Waals surface area contributed by atoms with Crippen molar-refractivity contribution >= 4 is 41.5 Å². The lowest BCUT2D eigenvalue weighted by molar-refractivity contribution is -0.146. The van der Waals surface area contributed by atoms with Gasteiger partial charge in [-0.1, -0.05) is 70.0 Å². The molecule has 1 unspecified atom stereocenters. The second-order valence-electron chi connectivity index (χ2n) is 12.0. The van der Waals surface area contributed by atoms with Gasteiger partial charge in [0.1, 0.15) is 29.2 Å². The van der Waals surface area contributed by atoms with Gasteiger partial charge in [0.05, 0.1) is 25.6 Å². The van der Waals surface area contributed by atoms with Gasteiger partial charge in [0.2, 0.25) is 0 Å². The van der Waals surface area contributed by atoms with Crippen LogP contribution in [-0.4, -0.2) is 62.1 Å². The van der Waals surface area contributed by atoms with Crippen LogP contribution in [0.15, 0.2) is 48.8 Å². The van der Waals surface area contributed by atoms with E-state index in [0.717, 1.165) is 30.0 Å². The molecule has 0 radical (unpaired) electrons. The first-order valence-corrected chi connectivity index (χ1v) is 17.3. The smallest absolute Gasteiger partial charge is 0.459 e. The molecule has 0 bridgehead atoms. The van der Waals surface area contributed by atoms with Crippen LogP contribution in [0.2, 0.25) is 0 Å². The number of imidazole rings is 1. The summed E-state index contributed by atoms with van der Waals surface area (Å²) >= 11 is 0. The topological polar surface area (TPSA) is 173 Å². The highest BCUT2D eigenvalue weighted by molar-refractivity contribution is 7.52. The third-order valence-corrected chi connectivity index (χ3v) is 9.25. The number of carbonyl (C=O) groups excluding carboxylic acids is 1. The van der Waals surface area contributed by atoms with Gasteiger partial charge in [-0.25, -0.2) is 19.5 Å². The number of benzene rings is 2. The van der Waals surface area contributed by atoms with E-state index in [1.165, 1.54) is 6.33 Å². The molecule has 0 aliphatic carbocycles. The number of aryl methyl sites for hydroxylation is 1. The van der Waals surface area contributed by atoms with Crippen LogP contribution in [-0.2, 0) is 23.4 Å². The quantitative estimate of drug-likeness (QED) is 0.0841. The number of unbranched alkanes of at least 4 members (excludes halogenated alkanes) is 2. The minimum atomic E-state index is -4.23. The lowest BCUT2D eigenvalue weighted by atomic mass is 10.1. The summed E-state index contributed by atoms with van der Waals surface area (Å²) in [6, 6.07) is 12.0. The minimum Gasteiger partial charge on any atom is -0.465 e. The van der Waals surface area contributed by atoms with Crippen molar-refractivity contribution in [2.45, 2.75) is 84.3 Å². The maximum Gasteiger partial charge on any atom is 0.459 e. The molecule has 248 valence electrons. The van der Waals surface area contributed by atoms with Gasteiger partial charge in [-0.05, 0) is 37.1 Å². The van der Waals surface area contributed by atoms with E-state index in [9.17, 15) is 14.5 Å². The summed E-state index contributed by atoms with van der Waals surface area (Å²) in [6.45, 7) is 7.77. The summed E-state index contributed by atoms with van der Waals surface area (Å²) in [5.74, 6) is 0.567. The molecular formula is C32H43N6O7P. The molecule has 1 aliphatic heterocycles. The number of nitrogens with two attached hydrogens (primary N) is 1. The predicted octanol–water partition coefficient (Wildman–Crippen LogP) is 5.46. The Morgan fingerprint density at radius 1 is 1.20 bits per heavy atom. The zero-order valence-corrected chi connectivity index (χ0v) is 27.6. The molecule has 0 spiro atoms. The number of anilines is 1. The number of carbonyl (C=O) groups is 1. The second-order valence-corrected chi connectivity index (χ2v) is 13.7. The number of nitrogen functional groups attached to an aromatic ring is 1. The molecule has 5 atom stereocenters. The fourth-order valence-corrected chi connectivity index (χ4v) is 7.04. The Labute approximate surface area is 268 Å². The first-order valence-electron chi connectivity index (χ1n) is 15.7. The molecule has 13 nitrogen and oxygen atoms in total. The molecule has 46 heavy (non-hydrogen) atoms. The van der Waals surface area contributed by atoms with Crippen LogP contribution in [0, 0.1) is 12.8 Å². The van der Waals surface area contributed by atoms with E-state index < -0.39 is 38.2 Å². The van der Waals surface area contributed by atoms with E-state index in [2.05, 4.69) is 27.0 Å². The van der Waals surface area contributed by atoms with Crippen LogP contribution in [0.5, 0.6) is 5.75 Å². The van der Waals surface area contributed by atoms with Gasteiger partial charge in [-0.3, -0.25) is 13.9 Å². The predicted molar refractivity (Wildman–Crippen MR) is 174 cm³/mol. The van der Waals surface area contributed by atoms with Crippen molar-refractivity contribution in [1.29, 1.82) is 0 Å². The summed E-state index contributed by atoms with van der Waals surface area (Å²) in [6.07, 6.45) is 2.22. The molecule has 1 aliphatic rings. The van der Waals surface area contributed by atoms with E-state index in [4.69, 9.17) is 24.3 Å². The van der Waals surface area contributed by atoms with Gasteiger partial charge in [-0.15, -0.1) is 0 Å². The molecular weight excluding hydrogens is 611 g/mol. The van der Waals surface area contributed by atoms with E-state index in [-0.39, 0.29) is 31.4 Å². The Hall–Kier alpha value is -3.61. The van der Waals surface area contributed by atoms with Crippen LogP contribution >= 0.6 is 7.75 Å². The van der Waals surface area contributed by atoms with Gasteiger partial charge in [-0.2, -0.15) is 5.09 Å². The van der Waals surface area contributed by atoms with E-state index in [1.807, 2.05) is 44.2 Å². The van der Waals surface area contributed by atoms with Crippen molar-refractivity contribution in [2.24, 2.45) is 5.92 Å². The zero-order valence-electron chi connectivity index (χ0n) is 26.7. The van der Waals surface area contributed by atoms with Crippen molar-refractivity contribution in [1.82, 2.24) is 24.6 Å². The van der Waals surface area contributed by atoms with Crippen LogP contribution in [0.3, 0.4) is 0 Å². The van der Waals surface area contributed by atoms with Crippen molar-refractivity contribution in [3.05, 3.63) is 54.6 Å². The van der Waals surface area contributed by atoms with Crippen LogP contribution < -0.4 is 15.3 Å². The first-order chi connectivity index (χ1) is 22.1. The molecule has 0 saturated carbocycles. The van der Waals surface area contributed by atoms with E-state index >= 15 is 0 Å². The SMILES string of the molecule is CCCCCOC(=O)[C@H](CC(C)C)NP(=O)(OC[C@@H]1C[C@H](O)[C@H](n2cnc3c(N)nc(C)nc32)O1)Oc1cccc2ccccc12. The van der Waals surface area contributed by atoms with Gasteiger partial charge < -0.3 is 24.8 Å². The summed E-state index contributed by atoms with van der Waals surface area (Å²) in [5, 5.41) is 15.5. The summed E-state index contributed by atoms with van der Waals surface area (Å²) in [7, 11) is -4.23. The molecule has 14 heteroatoms. The molecule has 4 aromatic rings. The van der Waals surface area contributed by atoms with Crippen molar-refractivity contribution < 1.29 is 33.0 Å². The number of ether oxygens (including phenoxy) is 2. The summed E-state index contributed by atoms with van der Waals surface area (Å²) in [5.41, 5.74) is 6.85. The Morgan fingerprint density at radius 2 is 1.98 bits per heavy atom. The molecule has 4 N–H and O–H groups in total. The molecule has 3 heterocycles.